The van der Waals surface area contributed by atoms with Gasteiger partial charge in [-0.05, 0) is 36.2 Å². The van der Waals surface area contributed by atoms with Crippen molar-refractivity contribution in [2.75, 3.05) is 26.7 Å². The van der Waals surface area contributed by atoms with E-state index in [1.807, 2.05) is 12.1 Å². The highest BCUT2D eigenvalue weighted by molar-refractivity contribution is 5.79. The molecule has 4 aromatic rings. The molecule has 2 heterocycles. The molecular formula is C31H33F2N3O2. The van der Waals surface area contributed by atoms with Crippen molar-refractivity contribution in [2.24, 2.45) is 0 Å². The number of pyridine rings is 1. The zero-order valence-corrected chi connectivity index (χ0v) is 21.6. The molecule has 0 saturated carbocycles. The molecule has 0 bridgehead atoms. The van der Waals surface area contributed by atoms with Gasteiger partial charge in [0.05, 0.1) is 11.6 Å². The highest BCUT2D eigenvalue weighted by atomic mass is 19.1. The van der Waals surface area contributed by atoms with E-state index in [1.54, 1.807) is 7.11 Å². The number of halogens is 2. The fraction of sp³-hybridized carbons (Fsp3) is 0.323. The Hall–Kier alpha value is -3.39. The molecule has 0 amide bonds. The molecule has 198 valence electrons. The van der Waals surface area contributed by atoms with Crippen LogP contribution in [0, 0.1) is 11.6 Å². The number of ether oxygens (including phenoxy) is 1. The quantitative estimate of drug-likeness (QED) is 0.311. The number of hydrogen-bond acceptors (Lipinski definition) is 4. The minimum atomic E-state index is -0.688. The van der Waals surface area contributed by atoms with Crippen LogP contribution in [0.1, 0.15) is 17.5 Å². The lowest BCUT2D eigenvalue weighted by atomic mass is 9.98. The second-order valence-electron chi connectivity index (χ2n) is 9.95. The molecule has 0 aliphatic carbocycles. The van der Waals surface area contributed by atoms with Gasteiger partial charge in [-0.25, -0.2) is 8.78 Å². The van der Waals surface area contributed by atoms with E-state index < -0.39 is 11.6 Å². The number of benzene rings is 3. The summed E-state index contributed by atoms with van der Waals surface area (Å²) in [7, 11) is 1.76. The highest BCUT2D eigenvalue weighted by Crippen LogP contribution is 2.24. The Morgan fingerprint density at radius 1 is 0.895 bits per heavy atom. The Labute approximate surface area is 221 Å². The van der Waals surface area contributed by atoms with Gasteiger partial charge in [-0.2, -0.15) is 0 Å². The van der Waals surface area contributed by atoms with E-state index in [1.165, 1.54) is 33.9 Å². The molecule has 1 saturated heterocycles. The summed E-state index contributed by atoms with van der Waals surface area (Å²) < 4.78 is 35.7. The first-order chi connectivity index (χ1) is 18.5. The summed E-state index contributed by atoms with van der Waals surface area (Å²) in [6, 6.07) is 26.0. The number of aromatic nitrogens is 1. The maximum atomic E-state index is 14.3. The van der Waals surface area contributed by atoms with Crippen LogP contribution in [0.4, 0.5) is 8.78 Å². The topological polar surface area (TPSA) is 37.7 Å². The Morgan fingerprint density at radius 3 is 2.18 bits per heavy atom. The van der Waals surface area contributed by atoms with Gasteiger partial charge in [-0.3, -0.25) is 14.6 Å². The van der Waals surface area contributed by atoms with E-state index in [0.717, 1.165) is 32.1 Å². The lowest BCUT2D eigenvalue weighted by molar-refractivity contribution is -0.0440. The average molecular weight is 518 g/mol. The van der Waals surface area contributed by atoms with Crippen LogP contribution in [0.5, 0.6) is 0 Å². The van der Waals surface area contributed by atoms with Gasteiger partial charge in [-0.1, -0.05) is 60.7 Å². The molecule has 7 heteroatoms. The van der Waals surface area contributed by atoms with Crippen molar-refractivity contribution in [1.82, 2.24) is 14.4 Å². The summed E-state index contributed by atoms with van der Waals surface area (Å²) >= 11 is 0. The van der Waals surface area contributed by atoms with E-state index in [-0.39, 0.29) is 28.6 Å². The monoisotopic (exact) mass is 517 g/mol. The van der Waals surface area contributed by atoms with Crippen LogP contribution in [0.15, 0.2) is 89.7 Å². The fourth-order valence-corrected chi connectivity index (χ4v) is 5.54. The Morgan fingerprint density at radius 2 is 1.55 bits per heavy atom. The second kappa shape index (κ2) is 12.0. The Bertz CT molecular complexity index is 1370. The minimum Gasteiger partial charge on any atom is -0.378 e. The standard InChI is InChI=1S/C31H33F2N3O2/c1-38-30-22-34(16-17-36-29-19-25(32)18-27(33)26(29)12-13-31(36)37)15-14-28(30)35(20-23-8-4-2-5-9-23)21-24-10-6-3-7-11-24/h2-13,18-19,28,30H,14-17,20-22H2,1H3/t28-,30+/m1/s1. The molecule has 5 nitrogen and oxygen atoms in total. The van der Waals surface area contributed by atoms with Gasteiger partial charge < -0.3 is 9.30 Å². The van der Waals surface area contributed by atoms with E-state index in [9.17, 15) is 13.6 Å². The molecule has 0 unspecified atom stereocenters. The fourth-order valence-electron chi connectivity index (χ4n) is 5.54. The van der Waals surface area contributed by atoms with Crippen LogP contribution in [0.3, 0.4) is 0 Å². The lowest BCUT2D eigenvalue weighted by Gasteiger charge is -2.43. The van der Waals surface area contributed by atoms with Crippen LogP contribution in [0.2, 0.25) is 0 Å². The number of rotatable bonds is 9. The van der Waals surface area contributed by atoms with E-state index in [4.69, 9.17) is 4.74 Å². The third-order valence-electron chi connectivity index (χ3n) is 7.50. The van der Waals surface area contributed by atoms with Gasteiger partial charge in [-0.15, -0.1) is 0 Å². The highest BCUT2D eigenvalue weighted by Gasteiger charge is 2.33. The average Bonchev–Trinajstić information content (AvgIpc) is 2.93. The predicted octanol–water partition coefficient (Wildman–Crippen LogP) is 5.07. The van der Waals surface area contributed by atoms with Crippen LogP contribution < -0.4 is 5.56 Å². The molecule has 5 rings (SSSR count). The smallest absolute Gasteiger partial charge is 0.251 e. The minimum absolute atomic E-state index is 0.0182. The van der Waals surface area contributed by atoms with Gasteiger partial charge in [0, 0.05) is 63.4 Å². The third-order valence-corrected chi connectivity index (χ3v) is 7.50. The van der Waals surface area contributed by atoms with Crippen molar-refractivity contribution in [3.05, 3.63) is 118 Å². The summed E-state index contributed by atoms with van der Waals surface area (Å²) in [6.07, 6.45) is 0.890. The predicted molar refractivity (Wildman–Crippen MR) is 146 cm³/mol. The molecule has 1 fully saturated rings. The second-order valence-corrected chi connectivity index (χ2v) is 9.95. The van der Waals surface area contributed by atoms with Crippen molar-refractivity contribution < 1.29 is 13.5 Å². The van der Waals surface area contributed by atoms with Crippen LogP contribution in [-0.4, -0.2) is 53.3 Å². The van der Waals surface area contributed by atoms with Crippen molar-refractivity contribution in [2.45, 2.75) is 38.2 Å². The van der Waals surface area contributed by atoms with Gasteiger partial charge in [0.2, 0.25) is 0 Å². The van der Waals surface area contributed by atoms with E-state index in [2.05, 4.69) is 58.3 Å². The van der Waals surface area contributed by atoms with Gasteiger partial charge in [0.1, 0.15) is 11.6 Å². The summed E-state index contributed by atoms with van der Waals surface area (Å²) in [4.78, 5) is 17.4. The summed E-state index contributed by atoms with van der Waals surface area (Å²) in [6.45, 7) is 4.13. The number of likely N-dealkylation sites (tertiary alicyclic amines) is 1. The molecular weight excluding hydrogens is 484 g/mol. The van der Waals surface area contributed by atoms with Crippen molar-refractivity contribution in [3.8, 4) is 0 Å². The molecule has 38 heavy (non-hydrogen) atoms. The lowest BCUT2D eigenvalue weighted by Crippen LogP contribution is -2.55. The molecule has 0 radical (unpaired) electrons. The first-order valence-electron chi connectivity index (χ1n) is 13.1. The van der Waals surface area contributed by atoms with Crippen molar-refractivity contribution in [1.29, 1.82) is 0 Å². The maximum absolute atomic E-state index is 14.3. The van der Waals surface area contributed by atoms with Gasteiger partial charge in [0.25, 0.3) is 5.56 Å². The largest absolute Gasteiger partial charge is 0.378 e. The maximum Gasteiger partial charge on any atom is 0.251 e. The zero-order chi connectivity index (χ0) is 26.5. The number of piperidine rings is 1. The van der Waals surface area contributed by atoms with E-state index in [0.29, 0.717) is 19.6 Å². The van der Waals surface area contributed by atoms with Gasteiger partial charge >= 0.3 is 0 Å². The number of nitrogens with zero attached hydrogens (tertiary/aromatic N) is 3. The molecule has 1 aliphatic rings. The van der Waals surface area contributed by atoms with Crippen molar-refractivity contribution >= 4 is 10.9 Å². The number of methoxy groups -OCH3 is 1. The van der Waals surface area contributed by atoms with Crippen LogP contribution in [-0.2, 0) is 24.4 Å². The molecule has 0 N–H and O–H groups in total. The van der Waals surface area contributed by atoms with E-state index >= 15 is 0 Å². The normalized spacial score (nSPS) is 18.3. The Kier molecular flexibility index (Phi) is 8.27. The van der Waals surface area contributed by atoms with Gasteiger partial charge in [0.15, 0.2) is 0 Å². The summed E-state index contributed by atoms with van der Waals surface area (Å²) in [5, 5.41) is 0.247. The number of hydrogen-bond donors (Lipinski definition) is 0. The zero-order valence-electron chi connectivity index (χ0n) is 21.6. The van der Waals surface area contributed by atoms with Crippen LogP contribution >= 0.6 is 0 Å². The third kappa shape index (κ3) is 6.01. The molecule has 1 aliphatic heterocycles. The van der Waals surface area contributed by atoms with Crippen LogP contribution in [0.25, 0.3) is 10.9 Å². The Balaban J connectivity index is 1.31. The summed E-state index contributed by atoms with van der Waals surface area (Å²) in [5.41, 5.74) is 2.54. The SMILES string of the molecule is CO[C@H]1CN(CCn2c(=O)ccc3c(F)cc(F)cc32)CC[C@H]1N(Cc1ccccc1)Cc1ccccc1. The first kappa shape index (κ1) is 26.2. The molecule has 2 atom stereocenters. The molecule has 1 aromatic heterocycles. The number of fused-ring (bicyclic) bond motifs is 1. The molecule has 0 spiro atoms. The molecule has 3 aromatic carbocycles. The van der Waals surface area contributed by atoms with Crippen molar-refractivity contribution in [3.63, 3.8) is 0 Å². The first-order valence-corrected chi connectivity index (χ1v) is 13.1. The summed E-state index contributed by atoms with van der Waals surface area (Å²) in [5.74, 6) is -1.35.